The number of allylic oxidation sites excluding steroid dienone is 2. The molecule has 0 amide bonds. The zero-order chi connectivity index (χ0) is 38.4. The lowest BCUT2D eigenvalue weighted by atomic mass is 9.59. The summed E-state index contributed by atoms with van der Waals surface area (Å²) >= 11 is 0. The van der Waals surface area contributed by atoms with Gasteiger partial charge in [0.15, 0.2) is 0 Å². The van der Waals surface area contributed by atoms with Gasteiger partial charge in [-0.3, -0.25) is 9.80 Å². The number of carbonyl (C=O) groups is 2. The molecule has 6 rings (SSSR count). The standard InChI is InChI=1S/2C20H29NO.C4H4O4/c2*1-14(2)6-5-10-21-11-9-20(4)15(3)19(21)12-16-7-8-17(22)13-18(16)20;5-3(6)1-2-4(7)8/h2*6-8,13,15,19,22H,5,9-12H2,1-4H3;1-2H,(H,5,6)(H,7,8)/b;;2-1+. The summed E-state index contributed by atoms with van der Waals surface area (Å²) in [5.74, 6) is -0.405. The Balaban J connectivity index is 0.000000193. The molecule has 2 fully saturated rings. The summed E-state index contributed by atoms with van der Waals surface area (Å²) in [6.07, 6.45) is 12.8. The molecule has 52 heavy (non-hydrogen) atoms. The van der Waals surface area contributed by atoms with Gasteiger partial charge in [-0.05, 0) is 148 Å². The molecular formula is C44H62N2O6. The molecule has 2 saturated heterocycles. The van der Waals surface area contributed by atoms with Crippen LogP contribution in [0.5, 0.6) is 11.5 Å². The number of piperidine rings is 2. The van der Waals surface area contributed by atoms with E-state index in [1.54, 1.807) is 0 Å². The van der Waals surface area contributed by atoms with E-state index in [9.17, 15) is 19.8 Å². The predicted octanol–water partition coefficient (Wildman–Crippen LogP) is 8.26. The number of carboxylic acids is 2. The van der Waals surface area contributed by atoms with Gasteiger partial charge in [0, 0.05) is 37.3 Å². The summed E-state index contributed by atoms with van der Waals surface area (Å²) in [5.41, 5.74) is 8.92. The first-order valence-corrected chi connectivity index (χ1v) is 19.0. The Kier molecular flexibility index (Phi) is 13.6. The average Bonchev–Trinajstić information content (AvgIpc) is 3.06. The predicted molar refractivity (Wildman–Crippen MR) is 209 cm³/mol. The van der Waals surface area contributed by atoms with Gasteiger partial charge >= 0.3 is 11.9 Å². The molecule has 4 aliphatic rings. The molecule has 2 aromatic rings. The lowest BCUT2D eigenvalue weighted by molar-refractivity contribution is -0.134. The lowest BCUT2D eigenvalue weighted by Gasteiger charge is -2.54. The zero-order valence-electron chi connectivity index (χ0n) is 32.7. The number of likely N-dealkylation sites (tertiary alicyclic amines) is 2. The maximum Gasteiger partial charge on any atom is 0.328 e. The highest BCUT2D eigenvalue weighted by Crippen LogP contribution is 2.50. The Labute approximate surface area is 311 Å². The van der Waals surface area contributed by atoms with Gasteiger partial charge in [0.2, 0.25) is 0 Å². The van der Waals surface area contributed by atoms with Crippen molar-refractivity contribution in [3.05, 3.63) is 94.1 Å². The van der Waals surface area contributed by atoms with E-state index in [4.69, 9.17) is 10.2 Å². The quantitative estimate of drug-likeness (QED) is 0.159. The number of aromatic hydroxyl groups is 2. The topological polar surface area (TPSA) is 122 Å². The van der Waals surface area contributed by atoms with Crippen LogP contribution in [0.25, 0.3) is 0 Å². The van der Waals surface area contributed by atoms with Gasteiger partial charge < -0.3 is 20.4 Å². The summed E-state index contributed by atoms with van der Waals surface area (Å²) in [5, 5.41) is 35.4. The minimum Gasteiger partial charge on any atom is -0.508 e. The van der Waals surface area contributed by atoms with Gasteiger partial charge in [0.25, 0.3) is 0 Å². The number of hydrogen-bond acceptors (Lipinski definition) is 6. The molecule has 0 saturated carbocycles. The van der Waals surface area contributed by atoms with Gasteiger partial charge in [0.1, 0.15) is 11.5 Å². The van der Waals surface area contributed by atoms with Gasteiger partial charge in [-0.15, -0.1) is 0 Å². The van der Waals surface area contributed by atoms with Crippen LogP contribution in [0.4, 0.5) is 0 Å². The Morgan fingerprint density at radius 2 is 1.06 bits per heavy atom. The average molecular weight is 715 g/mol. The number of carboxylic acid groups (broad SMARTS) is 2. The molecule has 4 bridgehead atoms. The molecule has 0 spiro atoms. The largest absolute Gasteiger partial charge is 0.508 e. The van der Waals surface area contributed by atoms with Crippen LogP contribution in [-0.4, -0.2) is 80.4 Å². The van der Waals surface area contributed by atoms with E-state index < -0.39 is 11.9 Å². The number of nitrogens with zero attached hydrogens (tertiary/aromatic N) is 2. The Morgan fingerprint density at radius 1 is 0.692 bits per heavy atom. The zero-order valence-corrected chi connectivity index (χ0v) is 32.7. The smallest absolute Gasteiger partial charge is 0.328 e. The van der Waals surface area contributed by atoms with Crippen molar-refractivity contribution in [3.63, 3.8) is 0 Å². The molecule has 2 aromatic carbocycles. The molecule has 4 N–H and O–H groups in total. The van der Waals surface area contributed by atoms with Crippen molar-refractivity contribution in [2.45, 2.75) is 117 Å². The van der Waals surface area contributed by atoms with E-state index in [1.165, 1.54) is 72.4 Å². The summed E-state index contributed by atoms with van der Waals surface area (Å²) in [6, 6.07) is 13.3. The number of rotatable bonds is 8. The molecule has 8 nitrogen and oxygen atoms in total. The van der Waals surface area contributed by atoms with Crippen molar-refractivity contribution >= 4 is 11.9 Å². The Morgan fingerprint density at radius 3 is 1.38 bits per heavy atom. The highest BCUT2D eigenvalue weighted by molar-refractivity contribution is 5.89. The molecule has 0 radical (unpaired) electrons. The first kappa shape index (κ1) is 40.9. The summed E-state index contributed by atoms with van der Waals surface area (Å²) in [4.78, 5) is 24.5. The van der Waals surface area contributed by atoms with Crippen LogP contribution in [0.1, 0.15) is 103 Å². The van der Waals surface area contributed by atoms with Crippen molar-refractivity contribution in [2.24, 2.45) is 11.8 Å². The maximum absolute atomic E-state index is 9.89. The number of aliphatic carboxylic acids is 2. The first-order valence-electron chi connectivity index (χ1n) is 19.0. The fraction of sp³-hybridized carbons (Fsp3) is 0.545. The number of phenols is 2. The monoisotopic (exact) mass is 714 g/mol. The van der Waals surface area contributed by atoms with Crippen molar-refractivity contribution in [1.82, 2.24) is 9.80 Å². The highest BCUT2D eigenvalue weighted by atomic mass is 16.4. The highest BCUT2D eigenvalue weighted by Gasteiger charge is 2.49. The second kappa shape index (κ2) is 17.3. The molecule has 6 unspecified atom stereocenters. The lowest BCUT2D eigenvalue weighted by Crippen LogP contribution is -2.58. The van der Waals surface area contributed by atoms with Gasteiger partial charge in [-0.2, -0.15) is 0 Å². The van der Waals surface area contributed by atoms with Crippen LogP contribution in [0.3, 0.4) is 0 Å². The van der Waals surface area contributed by atoms with Crippen LogP contribution in [0, 0.1) is 11.8 Å². The second-order valence-electron chi connectivity index (χ2n) is 16.4. The molecule has 284 valence electrons. The van der Waals surface area contributed by atoms with Crippen molar-refractivity contribution in [1.29, 1.82) is 0 Å². The molecule has 8 heteroatoms. The summed E-state index contributed by atoms with van der Waals surface area (Å²) < 4.78 is 0. The van der Waals surface area contributed by atoms with Crippen LogP contribution in [0.2, 0.25) is 0 Å². The Hall–Kier alpha value is -3.88. The van der Waals surface area contributed by atoms with Crippen LogP contribution in [0.15, 0.2) is 71.8 Å². The van der Waals surface area contributed by atoms with E-state index in [0.29, 0.717) is 47.6 Å². The molecule has 2 heterocycles. The van der Waals surface area contributed by atoms with Gasteiger partial charge in [-0.25, -0.2) is 9.59 Å². The van der Waals surface area contributed by atoms with Crippen LogP contribution in [-0.2, 0) is 33.3 Å². The number of benzene rings is 2. The minimum absolute atomic E-state index is 0.212. The fourth-order valence-corrected chi connectivity index (χ4v) is 9.13. The molecule has 0 aromatic heterocycles. The fourth-order valence-electron chi connectivity index (χ4n) is 9.13. The molecule has 2 aliphatic carbocycles. The molecule has 6 atom stereocenters. The molecule has 2 aliphatic heterocycles. The number of hydrogen-bond donors (Lipinski definition) is 4. The number of fused-ring (bicyclic) bond motifs is 8. The van der Waals surface area contributed by atoms with Crippen molar-refractivity contribution < 1.29 is 30.0 Å². The van der Waals surface area contributed by atoms with Crippen LogP contribution < -0.4 is 0 Å². The van der Waals surface area contributed by atoms with E-state index in [1.807, 2.05) is 24.3 Å². The minimum atomic E-state index is -1.26. The normalized spacial score (nSPS) is 27.5. The van der Waals surface area contributed by atoms with E-state index in [0.717, 1.165) is 25.7 Å². The van der Waals surface area contributed by atoms with Crippen molar-refractivity contribution in [2.75, 3.05) is 26.2 Å². The van der Waals surface area contributed by atoms with Gasteiger partial charge in [-0.1, -0.05) is 63.1 Å². The maximum atomic E-state index is 9.89. The summed E-state index contributed by atoms with van der Waals surface area (Å²) in [6.45, 7) is 23.0. The third-order valence-corrected chi connectivity index (χ3v) is 12.5. The van der Waals surface area contributed by atoms with E-state index in [2.05, 4.69) is 89.5 Å². The Bertz CT molecular complexity index is 1550. The first-order chi connectivity index (χ1) is 24.5. The van der Waals surface area contributed by atoms with Gasteiger partial charge in [0.05, 0.1) is 0 Å². The third kappa shape index (κ3) is 9.56. The number of phenolic OH excluding ortho intramolecular Hbond substituents is 2. The van der Waals surface area contributed by atoms with E-state index in [-0.39, 0.29) is 10.8 Å². The van der Waals surface area contributed by atoms with Crippen LogP contribution >= 0.6 is 0 Å². The third-order valence-electron chi connectivity index (χ3n) is 12.5. The molecular weight excluding hydrogens is 652 g/mol. The second-order valence-corrected chi connectivity index (χ2v) is 16.4. The summed E-state index contributed by atoms with van der Waals surface area (Å²) in [7, 11) is 0. The van der Waals surface area contributed by atoms with E-state index >= 15 is 0 Å². The van der Waals surface area contributed by atoms with Crippen molar-refractivity contribution in [3.8, 4) is 11.5 Å². The SMILES string of the molecule is CC(C)=CCCN1CCC2(C)c3cc(O)ccc3CC1C2C.CC(C)=CCCN1CCC2(C)c3cc(O)ccc3CC1C2C.O=C(O)/C=C/C(=O)O.